The number of allylic oxidation sites excluding steroid dienone is 12. The van der Waals surface area contributed by atoms with Crippen molar-refractivity contribution in [1.29, 1.82) is 0 Å². The Kier molecular flexibility index (Phi) is 9.90. The Bertz CT molecular complexity index is 963. The van der Waals surface area contributed by atoms with E-state index >= 15 is 0 Å². The zero-order chi connectivity index (χ0) is 21.0. The van der Waals surface area contributed by atoms with Gasteiger partial charge in [-0.1, -0.05) is 134 Å². The zero-order valence-corrected chi connectivity index (χ0v) is 18.0. The van der Waals surface area contributed by atoms with Crippen molar-refractivity contribution in [3.8, 4) is 0 Å². The van der Waals surface area contributed by atoms with E-state index in [1.54, 1.807) is 12.2 Å². The molecule has 0 atom stereocenters. The molecule has 0 amide bonds. The van der Waals surface area contributed by atoms with E-state index in [4.69, 9.17) is 0 Å². The Morgan fingerprint density at radius 3 is 1.16 bits per heavy atom. The molecule has 0 spiro atoms. The molecule has 154 valence electrons. The first-order chi connectivity index (χ1) is 14.7. The monoisotopic (exact) mass is 446 g/mol. The maximum absolute atomic E-state index is 11.6. The summed E-state index contributed by atoms with van der Waals surface area (Å²) >= 11 is 0. The second kappa shape index (κ2) is 12.9. The average Bonchev–Trinajstić information content (AvgIpc) is 3.52. The van der Waals surface area contributed by atoms with Crippen LogP contribution in [0.25, 0.3) is 12.2 Å². The summed E-state index contributed by atoms with van der Waals surface area (Å²) in [7, 11) is 0. The van der Waals surface area contributed by atoms with Gasteiger partial charge >= 0.3 is 17.1 Å². The molecule has 2 aliphatic carbocycles. The van der Waals surface area contributed by atoms with Gasteiger partial charge in [-0.25, -0.2) is 0 Å². The van der Waals surface area contributed by atoms with Gasteiger partial charge in [0.15, 0.2) is 0 Å². The fourth-order valence-electron chi connectivity index (χ4n) is 2.74. The summed E-state index contributed by atoms with van der Waals surface area (Å²) in [5.41, 5.74) is 3.55. The van der Waals surface area contributed by atoms with Gasteiger partial charge in [-0.2, -0.15) is 0 Å². The minimum Gasteiger partial charge on any atom is -0.872 e. The topological polar surface area (TPSA) is 46.1 Å². The molecule has 3 heteroatoms. The van der Waals surface area contributed by atoms with Crippen LogP contribution in [0.15, 0.2) is 144 Å². The van der Waals surface area contributed by atoms with Gasteiger partial charge < -0.3 is 10.2 Å². The van der Waals surface area contributed by atoms with Crippen molar-refractivity contribution < 1.29 is 27.3 Å². The van der Waals surface area contributed by atoms with E-state index in [2.05, 4.69) is 0 Å². The SMILES string of the molecule is [Fe+2].[O-]C(C=Cc1ccccc1)=C1C=CC=C1.[O-]C(C=Cc1ccccc1)=C1C=CC=C1. The van der Waals surface area contributed by atoms with Crippen LogP contribution in [0.2, 0.25) is 0 Å². The Morgan fingerprint density at radius 1 is 0.516 bits per heavy atom. The van der Waals surface area contributed by atoms with Crippen LogP contribution in [0.5, 0.6) is 0 Å². The molecule has 2 aromatic rings. The molecule has 31 heavy (non-hydrogen) atoms. The molecule has 0 aromatic heterocycles. The first-order valence-electron chi connectivity index (χ1n) is 9.71. The Balaban J connectivity index is 0.000000213. The summed E-state index contributed by atoms with van der Waals surface area (Å²) in [6.45, 7) is 0. The van der Waals surface area contributed by atoms with Crippen molar-refractivity contribution in [2.45, 2.75) is 0 Å². The molecule has 0 radical (unpaired) electrons. The molecule has 0 aliphatic heterocycles. The Hall–Kier alpha value is -3.52. The quantitative estimate of drug-likeness (QED) is 0.497. The molecule has 0 fully saturated rings. The van der Waals surface area contributed by atoms with Gasteiger partial charge in [0.2, 0.25) is 0 Å². The van der Waals surface area contributed by atoms with Crippen molar-refractivity contribution in [3.63, 3.8) is 0 Å². The van der Waals surface area contributed by atoms with Gasteiger partial charge in [-0.3, -0.25) is 0 Å². The van der Waals surface area contributed by atoms with Crippen LogP contribution < -0.4 is 10.2 Å². The Labute approximate surface area is 194 Å². The molecule has 4 rings (SSSR count). The van der Waals surface area contributed by atoms with Crippen molar-refractivity contribution in [2.24, 2.45) is 0 Å². The van der Waals surface area contributed by atoms with Crippen LogP contribution >= 0.6 is 0 Å². The second-order valence-corrected chi connectivity index (χ2v) is 6.56. The predicted molar refractivity (Wildman–Crippen MR) is 122 cm³/mol. The summed E-state index contributed by atoms with van der Waals surface area (Å²) in [5, 5.41) is 23.2. The number of benzene rings is 2. The minimum absolute atomic E-state index is 0. The normalized spacial score (nSPS) is 13.5. The largest absolute Gasteiger partial charge is 2.00 e. The number of hydrogen-bond donors (Lipinski definition) is 0. The van der Waals surface area contributed by atoms with Crippen molar-refractivity contribution >= 4 is 12.2 Å². The molecule has 0 saturated carbocycles. The number of hydrogen-bond acceptors (Lipinski definition) is 2. The third kappa shape index (κ3) is 8.02. The van der Waals surface area contributed by atoms with Crippen molar-refractivity contribution in [2.75, 3.05) is 0 Å². The van der Waals surface area contributed by atoms with Gasteiger partial charge in [0.1, 0.15) is 0 Å². The fraction of sp³-hybridized carbons (Fsp3) is 0. The maximum Gasteiger partial charge on any atom is 2.00 e. The van der Waals surface area contributed by atoms with Crippen molar-refractivity contribution in [1.82, 2.24) is 0 Å². The Morgan fingerprint density at radius 2 is 0.839 bits per heavy atom. The summed E-state index contributed by atoms with van der Waals surface area (Å²) in [4.78, 5) is 0. The van der Waals surface area contributed by atoms with E-state index in [9.17, 15) is 10.2 Å². The van der Waals surface area contributed by atoms with Gasteiger partial charge in [-0.05, 0) is 22.3 Å². The van der Waals surface area contributed by atoms with Gasteiger partial charge in [-0.15, -0.1) is 11.5 Å². The third-order valence-electron chi connectivity index (χ3n) is 4.35. The van der Waals surface area contributed by atoms with E-state index in [1.807, 2.05) is 121 Å². The molecular formula is C28H22FeO2. The summed E-state index contributed by atoms with van der Waals surface area (Å²) in [5.74, 6) is 0.0905. The van der Waals surface area contributed by atoms with Gasteiger partial charge in [0.25, 0.3) is 0 Å². The van der Waals surface area contributed by atoms with E-state index in [1.165, 1.54) is 0 Å². The molecule has 0 saturated heterocycles. The van der Waals surface area contributed by atoms with Crippen LogP contribution in [0, 0.1) is 0 Å². The van der Waals surface area contributed by atoms with E-state index < -0.39 is 0 Å². The predicted octanol–water partition coefficient (Wildman–Crippen LogP) is 4.88. The first-order valence-corrected chi connectivity index (χ1v) is 9.71. The third-order valence-corrected chi connectivity index (χ3v) is 4.35. The molecule has 2 aliphatic rings. The van der Waals surface area contributed by atoms with Gasteiger partial charge in [0, 0.05) is 0 Å². The van der Waals surface area contributed by atoms with Crippen LogP contribution in [0.3, 0.4) is 0 Å². The molecule has 0 unspecified atom stereocenters. The smallest absolute Gasteiger partial charge is 0.872 e. The van der Waals surface area contributed by atoms with E-state index in [0.29, 0.717) is 0 Å². The van der Waals surface area contributed by atoms with Crippen molar-refractivity contribution in [3.05, 3.63) is 155 Å². The van der Waals surface area contributed by atoms with Gasteiger partial charge in [0.05, 0.1) is 0 Å². The van der Waals surface area contributed by atoms with E-state index in [-0.39, 0.29) is 28.6 Å². The number of rotatable bonds is 4. The molecule has 0 bridgehead atoms. The summed E-state index contributed by atoms with van der Waals surface area (Å²) in [6.07, 6.45) is 21.6. The summed E-state index contributed by atoms with van der Waals surface area (Å²) in [6, 6.07) is 19.6. The molecule has 0 heterocycles. The zero-order valence-electron chi connectivity index (χ0n) is 16.9. The average molecular weight is 446 g/mol. The first kappa shape index (κ1) is 23.8. The summed E-state index contributed by atoms with van der Waals surface area (Å²) < 4.78 is 0. The standard InChI is InChI=1S/2C14H12O.Fe/c2*15-14(13-8-4-5-9-13)11-10-12-6-2-1-3-7-12;/h2*1-11,15H;/q;;+2/p-2. The van der Waals surface area contributed by atoms with Crippen LogP contribution in [-0.4, -0.2) is 0 Å². The molecule has 0 N–H and O–H groups in total. The molecule has 2 aromatic carbocycles. The van der Waals surface area contributed by atoms with Crippen LogP contribution in [0.4, 0.5) is 0 Å². The molecular weight excluding hydrogens is 424 g/mol. The van der Waals surface area contributed by atoms with Crippen LogP contribution in [-0.2, 0) is 17.1 Å². The van der Waals surface area contributed by atoms with E-state index in [0.717, 1.165) is 22.3 Å². The fourth-order valence-corrected chi connectivity index (χ4v) is 2.74. The minimum atomic E-state index is 0. The van der Waals surface area contributed by atoms with Crippen LogP contribution in [0.1, 0.15) is 11.1 Å². The molecule has 2 nitrogen and oxygen atoms in total. The maximum atomic E-state index is 11.6. The second-order valence-electron chi connectivity index (χ2n) is 6.56.